The number of thioether (sulfide) groups is 1. The van der Waals surface area contributed by atoms with Crippen molar-refractivity contribution < 1.29 is 4.79 Å². The molecular formula is C11H16ClN5OS. The molecule has 0 saturated carbocycles. The number of hydrogen-bond donors (Lipinski definition) is 2. The molecule has 0 fully saturated rings. The monoisotopic (exact) mass is 301 g/mol. The maximum Gasteiger partial charge on any atom is 0.242 e. The summed E-state index contributed by atoms with van der Waals surface area (Å²) in [6.07, 6.45) is 5.90. The first-order valence-electron chi connectivity index (χ1n) is 5.56. The molecule has 0 aliphatic heterocycles. The van der Waals surface area contributed by atoms with Crippen LogP contribution < -0.4 is 11.1 Å². The Labute approximate surface area is 121 Å². The van der Waals surface area contributed by atoms with Crippen molar-refractivity contribution in [3.63, 3.8) is 0 Å². The van der Waals surface area contributed by atoms with E-state index in [9.17, 15) is 4.79 Å². The third-order valence-electron chi connectivity index (χ3n) is 2.51. The van der Waals surface area contributed by atoms with Gasteiger partial charge in [0.2, 0.25) is 5.91 Å². The van der Waals surface area contributed by atoms with E-state index in [0.717, 1.165) is 5.75 Å². The molecule has 0 spiro atoms. The lowest BCUT2D eigenvalue weighted by Gasteiger charge is -2.12. The summed E-state index contributed by atoms with van der Waals surface area (Å²) in [5, 5.41) is 6.85. The van der Waals surface area contributed by atoms with Crippen molar-refractivity contribution >= 4 is 41.5 Å². The van der Waals surface area contributed by atoms with E-state index in [-0.39, 0.29) is 18.3 Å². The zero-order valence-corrected chi connectivity index (χ0v) is 12.1. The predicted octanol–water partition coefficient (Wildman–Crippen LogP) is 1.17. The lowest BCUT2D eigenvalue weighted by atomic mass is 10.2. The van der Waals surface area contributed by atoms with E-state index >= 15 is 0 Å². The number of amides is 1. The molecule has 2 aromatic rings. The topological polar surface area (TPSA) is 85.3 Å². The Morgan fingerprint density at radius 1 is 1.53 bits per heavy atom. The average Bonchev–Trinajstić information content (AvgIpc) is 2.85. The lowest BCUT2D eigenvalue weighted by Crippen LogP contribution is -2.36. The average molecular weight is 302 g/mol. The van der Waals surface area contributed by atoms with Crippen molar-refractivity contribution in [2.75, 3.05) is 17.3 Å². The molecule has 0 saturated heterocycles. The number of carbonyl (C=O) groups is 1. The first-order chi connectivity index (χ1) is 8.72. The maximum atomic E-state index is 11.9. The molecule has 0 aliphatic carbocycles. The Hall–Kier alpha value is -1.31. The lowest BCUT2D eigenvalue weighted by molar-refractivity contribution is -0.117. The van der Waals surface area contributed by atoms with Gasteiger partial charge in [0.1, 0.15) is 5.82 Å². The first kappa shape index (κ1) is 15.7. The fraction of sp³-hybridized carbons (Fsp3) is 0.364. The van der Waals surface area contributed by atoms with Crippen LogP contribution in [0.3, 0.4) is 0 Å². The number of nitrogens with two attached hydrogens (primary N) is 1. The smallest absolute Gasteiger partial charge is 0.242 e. The molecule has 19 heavy (non-hydrogen) atoms. The van der Waals surface area contributed by atoms with Crippen molar-refractivity contribution in [2.24, 2.45) is 5.73 Å². The van der Waals surface area contributed by atoms with Crippen LogP contribution in [-0.4, -0.2) is 38.6 Å². The van der Waals surface area contributed by atoms with E-state index < -0.39 is 6.04 Å². The molecular weight excluding hydrogens is 286 g/mol. The van der Waals surface area contributed by atoms with Crippen LogP contribution in [0.15, 0.2) is 24.5 Å². The van der Waals surface area contributed by atoms with E-state index in [4.69, 9.17) is 5.73 Å². The second kappa shape index (κ2) is 7.32. The molecule has 2 heterocycles. The van der Waals surface area contributed by atoms with Crippen LogP contribution in [0.5, 0.6) is 0 Å². The van der Waals surface area contributed by atoms with Crippen molar-refractivity contribution in [1.82, 2.24) is 14.6 Å². The van der Waals surface area contributed by atoms with Gasteiger partial charge in [-0.25, -0.2) is 4.98 Å². The van der Waals surface area contributed by atoms with Crippen LogP contribution >= 0.6 is 24.2 Å². The molecule has 104 valence electrons. The van der Waals surface area contributed by atoms with Crippen LogP contribution in [0.1, 0.15) is 6.42 Å². The quantitative estimate of drug-likeness (QED) is 0.866. The van der Waals surface area contributed by atoms with Crippen LogP contribution in [0, 0.1) is 0 Å². The van der Waals surface area contributed by atoms with Gasteiger partial charge in [-0.3, -0.25) is 4.79 Å². The molecule has 0 aromatic carbocycles. The molecule has 2 aromatic heterocycles. The zero-order valence-electron chi connectivity index (χ0n) is 10.4. The summed E-state index contributed by atoms with van der Waals surface area (Å²) >= 11 is 1.67. The van der Waals surface area contributed by atoms with Gasteiger partial charge >= 0.3 is 0 Å². The number of anilines is 1. The highest BCUT2D eigenvalue weighted by atomic mass is 35.5. The number of carbonyl (C=O) groups excluding carboxylic acids is 1. The minimum Gasteiger partial charge on any atom is -0.320 e. The number of rotatable bonds is 5. The van der Waals surface area contributed by atoms with Gasteiger partial charge in [-0.05, 0) is 24.5 Å². The second-order valence-corrected chi connectivity index (χ2v) is 4.79. The summed E-state index contributed by atoms with van der Waals surface area (Å²) in [4.78, 5) is 16.0. The van der Waals surface area contributed by atoms with Crippen molar-refractivity contribution in [3.8, 4) is 0 Å². The Morgan fingerprint density at radius 3 is 3.05 bits per heavy atom. The standard InChI is InChI=1S/C11H15N5OS.ClH/c1-18-7-4-8(12)11(17)15-10-2-5-13-9-3-6-14-16(9)10;/h2-3,5-6,8H,4,7,12H2,1H3,(H,15,17);1H/t8-;/m0./s1. The highest BCUT2D eigenvalue weighted by Crippen LogP contribution is 2.09. The van der Waals surface area contributed by atoms with Gasteiger partial charge < -0.3 is 11.1 Å². The highest BCUT2D eigenvalue weighted by Gasteiger charge is 2.14. The molecule has 8 heteroatoms. The number of hydrogen-bond acceptors (Lipinski definition) is 5. The van der Waals surface area contributed by atoms with Gasteiger partial charge in [0.05, 0.1) is 12.2 Å². The number of aromatic nitrogens is 3. The molecule has 0 unspecified atom stereocenters. The summed E-state index contributed by atoms with van der Waals surface area (Å²) in [6, 6.07) is 2.96. The van der Waals surface area contributed by atoms with Crippen molar-refractivity contribution in [3.05, 3.63) is 24.5 Å². The summed E-state index contributed by atoms with van der Waals surface area (Å²) in [7, 11) is 0. The molecule has 3 N–H and O–H groups in total. The van der Waals surface area contributed by atoms with Gasteiger partial charge in [-0.15, -0.1) is 12.4 Å². The molecule has 1 atom stereocenters. The van der Waals surface area contributed by atoms with Gasteiger partial charge in [-0.1, -0.05) is 0 Å². The van der Waals surface area contributed by atoms with Crippen molar-refractivity contribution in [2.45, 2.75) is 12.5 Å². The normalized spacial score (nSPS) is 11.9. The van der Waals surface area contributed by atoms with E-state index in [1.165, 1.54) is 0 Å². The van der Waals surface area contributed by atoms with E-state index in [1.54, 1.807) is 40.8 Å². The second-order valence-electron chi connectivity index (χ2n) is 3.81. The highest BCUT2D eigenvalue weighted by molar-refractivity contribution is 7.98. The largest absolute Gasteiger partial charge is 0.320 e. The Balaban J connectivity index is 0.00000180. The summed E-state index contributed by atoms with van der Waals surface area (Å²) in [6.45, 7) is 0. The van der Waals surface area contributed by atoms with Gasteiger partial charge in [0, 0.05) is 12.3 Å². The number of nitrogens with zero attached hydrogens (tertiary/aromatic N) is 3. The van der Waals surface area contributed by atoms with E-state index in [0.29, 0.717) is 17.9 Å². The Kier molecular flexibility index (Phi) is 6.07. The van der Waals surface area contributed by atoms with Gasteiger partial charge in [0.15, 0.2) is 5.65 Å². The van der Waals surface area contributed by atoms with Crippen LogP contribution in [0.25, 0.3) is 5.65 Å². The molecule has 1 amide bonds. The fourth-order valence-corrected chi connectivity index (χ4v) is 2.01. The molecule has 0 radical (unpaired) electrons. The maximum absolute atomic E-state index is 11.9. The number of fused-ring (bicyclic) bond motifs is 1. The predicted molar refractivity (Wildman–Crippen MR) is 79.8 cm³/mol. The molecule has 6 nitrogen and oxygen atoms in total. The SMILES string of the molecule is CSCC[C@H](N)C(=O)Nc1ccnc2ccnn12.Cl. The van der Waals surface area contributed by atoms with Gasteiger partial charge in [-0.2, -0.15) is 21.4 Å². The van der Waals surface area contributed by atoms with E-state index in [2.05, 4.69) is 15.4 Å². The van der Waals surface area contributed by atoms with Crippen LogP contribution in [-0.2, 0) is 4.79 Å². The van der Waals surface area contributed by atoms with E-state index in [1.807, 2.05) is 6.26 Å². The molecule has 0 bridgehead atoms. The molecule has 0 aliphatic rings. The Bertz CT molecular complexity index is 547. The minimum atomic E-state index is -0.503. The number of nitrogens with one attached hydrogen (secondary N) is 1. The van der Waals surface area contributed by atoms with Gasteiger partial charge in [0.25, 0.3) is 0 Å². The molecule has 2 rings (SSSR count). The summed E-state index contributed by atoms with van der Waals surface area (Å²) < 4.78 is 1.57. The first-order valence-corrected chi connectivity index (χ1v) is 6.96. The fourth-order valence-electron chi connectivity index (χ4n) is 1.52. The van der Waals surface area contributed by atoms with Crippen molar-refractivity contribution in [1.29, 1.82) is 0 Å². The number of halogens is 1. The Morgan fingerprint density at radius 2 is 2.32 bits per heavy atom. The summed E-state index contributed by atoms with van der Waals surface area (Å²) in [5.41, 5.74) is 6.49. The van der Waals surface area contributed by atoms with Crippen LogP contribution in [0.4, 0.5) is 5.82 Å². The third-order valence-corrected chi connectivity index (χ3v) is 3.16. The summed E-state index contributed by atoms with van der Waals surface area (Å²) in [5.74, 6) is 1.24. The minimum absolute atomic E-state index is 0. The zero-order chi connectivity index (χ0) is 13.0. The third kappa shape index (κ3) is 3.82. The van der Waals surface area contributed by atoms with Crippen LogP contribution in [0.2, 0.25) is 0 Å².